The smallest absolute Gasteiger partial charge is 0.234 e. The number of ether oxygens (including phenoxy) is 1. The number of rotatable bonds is 9. The van der Waals surface area contributed by atoms with Crippen LogP contribution in [0.15, 0.2) is 47.6 Å². The molecule has 0 bridgehead atoms. The molecule has 1 aromatic heterocycles. The van der Waals surface area contributed by atoms with Crippen LogP contribution in [0.5, 0.6) is 5.75 Å². The van der Waals surface area contributed by atoms with Crippen molar-refractivity contribution in [2.45, 2.75) is 25.0 Å². The van der Waals surface area contributed by atoms with Crippen LogP contribution in [0, 0.1) is 10.5 Å². The Morgan fingerprint density at radius 2 is 1.88 bits per heavy atom. The van der Waals surface area contributed by atoms with Crippen molar-refractivity contribution >= 4 is 51.9 Å². The standard InChI is InChI=1S/C22H24IN5O3S/c1-14-10-16(23)6-9-18(14)25-21(30)13-32-22-27-26-19(28(22)2)12-24-20(29)11-15-4-7-17(31-3)8-5-15/h4-10H,11-13H2,1-3H3,(H,24,29)(H,25,30). The number of nitrogens with one attached hydrogen (secondary N) is 2. The molecule has 0 unspecified atom stereocenters. The van der Waals surface area contributed by atoms with E-state index in [0.29, 0.717) is 11.0 Å². The SMILES string of the molecule is COc1ccc(CC(=O)NCc2nnc(SCC(=O)Nc3ccc(I)cc3C)n2C)cc1. The molecule has 0 saturated carbocycles. The van der Waals surface area contributed by atoms with E-state index < -0.39 is 0 Å². The fraction of sp³-hybridized carbons (Fsp3) is 0.273. The molecule has 10 heteroatoms. The van der Waals surface area contributed by atoms with Gasteiger partial charge in [0.05, 0.1) is 25.8 Å². The monoisotopic (exact) mass is 565 g/mol. The molecule has 1 heterocycles. The number of hydrogen-bond donors (Lipinski definition) is 2. The number of carbonyl (C=O) groups is 2. The maximum absolute atomic E-state index is 12.3. The van der Waals surface area contributed by atoms with Crippen LogP contribution in [0.25, 0.3) is 0 Å². The summed E-state index contributed by atoms with van der Waals surface area (Å²) in [5.41, 5.74) is 2.71. The third-order valence-electron chi connectivity index (χ3n) is 4.69. The topological polar surface area (TPSA) is 98.1 Å². The van der Waals surface area contributed by atoms with Gasteiger partial charge in [0.1, 0.15) is 5.75 Å². The zero-order valence-corrected chi connectivity index (χ0v) is 21.0. The summed E-state index contributed by atoms with van der Waals surface area (Å²) in [6.45, 7) is 2.22. The summed E-state index contributed by atoms with van der Waals surface area (Å²) >= 11 is 3.53. The van der Waals surface area contributed by atoms with E-state index in [1.807, 2.05) is 56.4 Å². The highest BCUT2D eigenvalue weighted by atomic mass is 127. The number of thioether (sulfide) groups is 1. The van der Waals surface area contributed by atoms with E-state index in [0.717, 1.165) is 26.1 Å². The molecule has 3 aromatic rings. The van der Waals surface area contributed by atoms with Crippen LogP contribution >= 0.6 is 34.4 Å². The van der Waals surface area contributed by atoms with Crippen LogP contribution in [-0.4, -0.2) is 39.4 Å². The van der Waals surface area contributed by atoms with Crippen LogP contribution in [0.1, 0.15) is 17.0 Å². The fourth-order valence-electron chi connectivity index (χ4n) is 2.88. The third kappa shape index (κ3) is 6.70. The van der Waals surface area contributed by atoms with Gasteiger partial charge >= 0.3 is 0 Å². The Bertz CT molecular complexity index is 1100. The molecule has 8 nitrogen and oxygen atoms in total. The molecule has 2 N–H and O–H groups in total. The van der Waals surface area contributed by atoms with Gasteiger partial charge in [-0.25, -0.2) is 0 Å². The quantitative estimate of drug-likeness (QED) is 0.305. The zero-order chi connectivity index (χ0) is 23.1. The van der Waals surface area contributed by atoms with Crippen LogP contribution < -0.4 is 15.4 Å². The maximum Gasteiger partial charge on any atom is 0.234 e. The second-order valence-corrected chi connectivity index (χ2v) is 9.24. The number of amides is 2. The van der Waals surface area contributed by atoms with Crippen molar-refractivity contribution in [3.8, 4) is 5.75 Å². The lowest BCUT2D eigenvalue weighted by Crippen LogP contribution is -2.26. The first kappa shape index (κ1) is 24.1. The first-order valence-corrected chi connectivity index (χ1v) is 11.9. The number of methoxy groups -OCH3 is 1. The summed E-state index contributed by atoms with van der Waals surface area (Å²) < 4.78 is 8.02. The van der Waals surface area contributed by atoms with Crippen LogP contribution in [0.4, 0.5) is 5.69 Å². The summed E-state index contributed by atoms with van der Waals surface area (Å²) in [6, 6.07) is 13.2. The lowest BCUT2D eigenvalue weighted by molar-refractivity contribution is -0.120. The van der Waals surface area contributed by atoms with Crippen LogP contribution in [-0.2, 0) is 29.6 Å². The van der Waals surface area contributed by atoms with Gasteiger partial charge < -0.3 is 19.9 Å². The molecular weight excluding hydrogens is 541 g/mol. The second-order valence-electron chi connectivity index (χ2n) is 7.06. The molecule has 0 aliphatic rings. The van der Waals surface area contributed by atoms with Gasteiger partial charge in [-0.05, 0) is 71.0 Å². The Balaban J connectivity index is 1.47. The predicted octanol–water partition coefficient (Wildman–Crippen LogP) is 3.33. The molecule has 2 aromatic carbocycles. The van der Waals surface area contributed by atoms with Crippen LogP contribution in [0.2, 0.25) is 0 Å². The van der Waals surface area contributed by atoms with E-state index in [1.165, 1.54) is 11.8 Å². The minimum atomic E-state index is -0.114. The first-order chi connectivity index (χ1) is 15.4. The highest BCUT2D eigenvalue weighted by Crippen LogP contribution is 2.20. The largest absolute Gasteiger partial charge is 0.497 e. The summed E-state index contributed by atoms with van der Waals surface area (Å²) in [7, 11) is 3.42. The fourth-order valence-corrected chi connectivity index (χ4v) is 4.25. The molecule has 0 aliphatic carbocycles. The lowest BCUT2D eigenvalue weighted by Gasteiger charge is -2.09. The van der Waals surface area contributed by atoms with Gasteiger partial charge in [0.25, 0.3) is 0 Å². The highest BCUT2D eigenvalue weighted by Gasteiger charge is 2.13. The summed E-state index contributed by atoms with van der Waals surface area (Å²) in [4.78, 5) is 24.6. The number of halogens is 1. The lowest BCUT2D eigenvalue weighted by atomic mass is 10.1. The number of aromatic nitrogens is 3. The van der Waals surface area contributed by atoms with E-state index in [4.69, 9.17) is 4.74 Å². The predicted molar refractivity (Wildman–Crippen MR) is 133 cm³/mol. The number of aryl methyl sites for hydroxylation is 1. The van der Waals surface area contributed by atoms with Crippen LogP contribution in [0.3, 0.4) is 0 Å². The Kier molecular flexibility index (Phi) is 8.51. The van der Waals surface area contributed by atoms with Gasteiger partial charge in [-0.2, -0.15) is 0 Å². The average molecular weight is 565 g/mol. The van der Waals surface area contributed by atoms with E-state index in [2.05, 4.69) is 43.4 Å². The minimum Gasteiger partial charge on any atom is -0.497 e. The molecule has 0 fully saturated rings. The third-order valence-corrected chi connectivity index (χ3v) is 6.38. The number of benzene rings is 2. The molecule has 0 atom stereocenters. The van der Waals surface area contributed by atoms with Crippen molar-refractivity contribution in [2.24, 2.45) is 7.05 Å². The molecule has 3 rings (SSSR count). The van der Waals surface area contributed by atoms with Gasteiger partial charge in [0.15, 0.2) is 11.0 Å². The van der Waals surface area contributed by atoms with Crippen molar-refractivity contribution < 1.29 is 14.3 Å². The summed E-state index contributed by atoms with van der Waals surface area (Å²) in [5, 5.41) is 14.7. The highest BCUT2D eigenvalue weighted by molar-refractivity contribution is 14.1. The average Bonchev–Trinajstić information content (AvgIpc) is 3.12. The first-order valence-electron chi connectivity index (χ1n) is 9.82. The Morgan fingerprint density at radius 3 is 2.56 bits per heavy atom. The molecule has 168 valence electrons. The number of anilines is 1. The molecule has 0 saturated heterocycles. The Morgan fingerprint density at radius 1 is 1.12 bits per heavy atom. The molecule has 0 spiro atoms. The molecule has 2 amide bonds. The summed E-state index contributed by atoms with van der Waals surface area (Å²) in [6.07, 6.45) is 0.265. The number of carbonyl (C=O) groups excluding carboxylic acids is 2. The molecular formula is C22H24IN5O3S. The summed E-state index contributed by atoms with van der Waals surface area (Å²) in [5.74, 6) is 1.35. The van der Waals surface area contributed by atoms with Gasteiger partial charge in [-0.1, -0.05) is 23.9 Å². The molecule has 32 heavy (non-hydrogen) atoms. The number of nitrogens with zero attached hydrogens (tertiary/aromatic N) is 3. The molecule has 0 radical (unpaired) electrons. The maximum atomic E-state index is 12.3. The normalized spacial score (nSPS) is 10.6. The van der Waals surface area contributed by atoms with Crippen molar-refractivity contribution in [3.63, 3.8) is 0 Å². The van der Waals surface area contributed by atoms with E-state index in [1.54, 1.807) is 11.7 Å². The number of hydrogen-bond acceptors (Lipinski definition) is 6. The van der Waals surface area contributed by atoms with E-state index in [-0.39, 0.29) is 30.5 Å². The second kappa shape index (κ2) is 11.3. The minimum absolute atomic E-state index is 0.111. The Labute approximate surface area is 204 Å². The van der Waals surface area contributed by atoms with Crippen molar-refractivity contribution in [3.05, 3.63) is 63.0 Å². The van der Waals surface area contributed by atoms with Gasteiger partial charge in [0, 0.05) is 16.3 Å². The van der Waals surface area contributed by atoms with Crippen molar-refractivity contribution in [1.82, 2.24) is 20.1 Å². The van der Waals surface area contributed by atoms with E-state index in [9.17, 15) is 9.59 Å². The van der Waals surface area contributed by atoms with E-state index >= 15 is 0 Å². The Hall–Kier alpha value is -2.60. The van der Waals surface area contributed by atoms with Crippen molar-refractivity contribution in [1.29, 1.82) is 0 Å². The zero-order valence-electron chi connectivity index (χ0n) is 18.0. The van der Waals surface area contributed by atoms with Gasteiger partial charge in [-0.3, -0.25) is 9.59 Å². The van der Waals surface area contributed by atoms with Gasteiger partial charge in [0.2, 0.25) is 11.8 Å². The molecule has 0 aliphatic heterocycles. The van der Waals surface area contributed by atoms with Gasteiger partial charge in [-0.15, -0.1) is 10.2 Å². The van der Waals surface area contributed by atoms with Crippen molar-refractivity contribution in [2.75, 3.05) is 18.2 Å².